The van der Waals surface area contributed by atoms with Crippen LogP contribution in [0, 0.1) is 0 Å². The van der Waals surface area contributed by atoms with Gasteiger partial charge in [0.2, 0.25) is 5.28 Å². The van der Waals surface area contributed by atoms with Crippen LogP contribution in [0.4, 0.5) is 5.82 Å². The van der Waals surface area contributed by atoms with Gasteiger partial charge in [0, 0.05) is 29.4 Å². The molecule has 0 fully saturated rings. The first-order valence-corrected chi connectivity index (χ1v) is 6.30. The van der Waals surface area contributed by atoms with Crippen LogP contribution >= 0.6 is 23.2 Å². The highest BCUT2D eigenvalue weighted by molar-refractivity contribution is 7.84. The maximum Gasteiger partial charge on any atom is 0.224 e. The molecule has 1 unspecified atom stereocenters. The smallest absolute Gasteiger partial charge is 0.224 e. The standard InChI is InChI=1S/C7H9Cl2N3OS/c1-14(13)3-2-10-6-5(8)4-11-7(9)12-6/h4H,2-3H2,1H3,(H,10,11,12). The van der Waals surface area contributed by atoms with Gasteiger partial charge in [-0.05, 0) is 11.6 Å². The Bertz CT molecular complexity index is 348. The molecular formula is C7H9Cl2N3OS. The maximum atomic E-state index is 10.8. The number of nitrogens with zero attached hydrogens (tertiary/aromatic N) is 2. The van der Waals surface area contributed by atoms with Crippen molar-refractivity contribution in [1.29, 1.82) is 0 Å². The van der Waals surface area contributed by atoms with Crippen molar-refractivity contribution in [1.82, 2.24) is 9.97 Å². The minimum atomic E-state index is -0.833. The topological polar surface area (TPSA) is 54.9 Å². The number of rotatable bonds is 4. The van der Waals surface area contributed by atoms with Crippen LogP contribution in [0.1, 0.15) is 0 Å². The van der Waals surface area contributed by atoms with Crippen LogP contribution in [0.3, 0.4) is 0 Å². The first-order chi connectivity index (χ1) is 6.59. The van der Waals surface area contributed by atoms with Crippen molar-refractivity contribution in [3.05, 3.63) is 16.5 Å². The number of hydrogen-bond donors (Lipinski definition) is 1. The third kappa shape index (κ3) is 3.77. The summed E-state index contributed by atoms with van der Waals surface area (Å²) in [6.45, 7) is 0.538. The molecular weight excluding hydrogens is 245 g/mol. The first-order valence-electron chi connectivity index (χ1n) is 3.81. The lowest BCUT2D eigenvalue weighted by Gasteiger charge is -2.05. The van der Waals surface area contributed by atoms with E-state index in [2.05, 4.69) is 15.3 Å². The number of halogens is 2. The van der Waals surface area contributed by atoms with Gasteiger partial charge < -0.3 is 5.32 Å². The fraction of sp³-hybridized carbons (Fsp3) is 0.429. The van der Waals surface area contributed by atoms with Crippen LogP contribution in [-0.2, 0) is 10.8 Å². The summed E-state index contributed by atoms with van der Waals surface area (Å²) in [6.07, 6.45) is 3.05. The summed E-state index contributed by atoms with van der Waals surface area (Å²) in [4.78, 5) is 7.59. The third-order valence-corrected chi connectivity index (χ3v) is 2.63. The molecule has 0 radical (unpaired) electrons. The second kappa shape index (κ2) is 5.48. The van der Waals surface area contributed by atoms with E-state index in [-0.39, 0.29) is 5.28 Å². The van der Waals surface area contributed by atoms with E-state index in [1.165, 1.54) is 6.20 Å². The molecule has 0 aliphatic rings. The Morgan fingerprint density at radius 1 is 1.57 bits per heavy atom. The lowest BCUT2D eigenvalue weighted by atomic mass is 10.5. The lowest BCUT2D eigenvalue weighted by molar-refractivity contribution is 0.687. The van der Waals surface area contributed by atoms with Crippen LogP contribution in [0.15, 0.2) is 6.20 Å². The van der Waals surface area contributed by atoms with E-state index in [0.29, 0.717) is 23.1 Å². The molecule has 0 aromatic carbocycles. The molecule has 1 heterocycles. The number of anilines is 1. The van der Waals surface area contributed by atoms with E-state index in [9.17, 15) is 4.21 Å². The molecule has 0 spiro atoms. The Hall–Kier alpha value is -0.390. The van der Waals surface area contributed by atoms with Crippen LogP contribution in [-0.4, -0.2) is 32.7 Å². The molecule has 0 amide bonds. The molecule has 1 N–H and O–H groups in total. The Morgan fingerprint density at radius 3 is 2.93 bits per heavy atom. The maximum absolute atomic E-state index is 10.8. The van der Waals surface area contributed by atoms with Crippen molar-refractivity contribution in [3.63, 3.8) is 0 Å². The van der Waals surface area contributed by atoms with E-state index >= 15 is 0 Å². The molecule has 0 saturated carbocycles. The normalized spacial score (nSPS) is 12.5. The second-order valence-corrected chi connectivity index (χ2v) is 4.84. The summed E-state index contributed by atoms with van der Waals surface area (Å²) in [6, 6.07) is 0. The summed E-state index contributed by atoms with van der Waals surface area (Å²) in [7, 11) is -0.833. The zero-order valence-electron chi connectivity index (χ0n) is 7.46. The van der Waals surface area contributed by atoms with Gasteiger partial charge in [0.1, 0.15) is 10.8 Å². The zero-order valence-corrected chi connectivity index (χ0v) is 9.79. The summed E-state index contributed by atoms with van der Waals surface area (Å²) in [5, 5.41) is 3.46. The predicted molar refractivity (Wildman–Crippen MR) is 59.5 cm³/mol. The van der Waals surface area contributed by atoms with Crippen molar-refractivity contribution in [3.8, 4) is 0 Å². The minimum absolute atomic E-state index is 0.134. The van der Waals surface area contributed by atoms with E-state index in [1.807, 2.05) is 0 Å². The summed E-state index contributed by atoms with van der Waals surface area (Å²) < 4.78 is 10.8. The minimum Gasteiger partial charge on any atom is -0.368 e. The van der Waals surface area contributed by atoms with Crippen molar-refractivity contribution in [2.24, 2.45) is 0 Å². The average molecular weight is 254 g/mol. The van der Waals surface area contributed by atoms with Gasteiger partial charge in [-0.2, -0.15) is 4.98 Å². The molecule has 0 saturated heterocycles. The molecule has 0 aliphatic heterocycles. The summed E-state index contributed by atoms with van der Waals surface area (Å²) >= 11 is 11.4. The van der Waals surface area contributed by atoms with Crippen molar-refractivity contribution < 1.29 is 4.21 Å². The quantitative estimate of drug-likeness (QED) is 0.829. The molecule has 1 aromatic heterocycles. The fourth-order valence-corrected chi connectivity index (χ4v) is 1.46. The van der Waals surface area contributed by atoms with Crippen molar-refractivity contribution >= 4 is 39.8 Å². The molecule has 1 aromatic rings. The van der Waals surface area contributed by atoms with Crippen LogP contribution in [0.5, 0.6) is 0 Å². The molecule has 4 nitrogen and oxygen atoms in total. The van der Waals surface area contributed by atoms with E-state index in [4.69, 9.17) is 23.2 Å². The van der Waals surface area contributed by atoms with Gasteiger partial charge in [-0.25, -0.2) is 4.98 Å². The zero-order chi connectivity index (χ0) is 10.6. The van der Waals surface area contributed by atoms with E-state index < -0.39 is 10.8 Å². The van der Waals surface area contributed by atoms with Crippen LogP contribution in [0.2, 0.25) is 10.3 Å². The first kappa shape index (κ1) is 11.7. The Balaban J connectivity index is 2.57. The second-order valence-electron chi connectivity index (χ2n) is 2.54. The van der Waals surface area contributed by atoms with Gasteiger partial charge in [-0.3, -0.25) is 4.21 Å². The highest BCUT2D eigenvalue weighted by Crippen LogP contribution is 2.18. The number of nitrogens with one attached hydrogen (secondary N) is 1. The lowest BCUT2D eigenvalue weighted by Crippen LogP contribution is -2.11. The third-order valence-electron chi connectivity index (χ3n) is 1.40. The van der Waals surface area contributed by atoms with Gasteiger partial charge in [0.15, 0.2) is 0 Å². The van der Waals surface area contributed by atoms with Crippen molar-refractivity contribution in [2.45, 2.75) is 0 Å². The molecule has 1 atom stereocenters. The molecule has 78 valence electrons. The SMILES string of the molecule is CS(=O)CCNc1nc(Cl)ncc1Cl. The Kier molecular flexibility index (Phi) is 4.57. The number of hydrogen-bond acceptors (Lipinski definition) is 4. The Labute approximate surface area is 94.5 Å². The molecule has 14 heavy (non-hydrogen) atoms. The molecule has 0 aliphatic carbocycles. The van der Waals surface area contributed by atoms with Crippen LogP contribution < -0.4 is 5.32 Å². The number of aromatic nitrogens is 2. The van der Waals surface area contributed by atoms with Crippen LogP contribution in [0.25, 0.3) is 0 Å². The molecule has 7 heteroatoms. The van der Waals surface area contributed by atoms with Gasteiger partial charge >= 0.3 is 0 Å². The van der Waals surface area contributed by atoms with E-state index in [0.717, 1.165) is 0 Å². The van der Waals surface area contributed by atoms with Gasteiger partial charge in [0.25, 0.3) is 0 Å². The monoisotopic (exact) mass is 253 g/mol. The van der Waals surface area contributed by atoms with E-state index in [1.54, 1.807) is 6.26 Å². The largest absolute Gasteiger partial charge is 0.368 e. The van der Waals surface area contributed by atoms with Gasteiger partial charge in [-0.1, -0.05) is 11.6 Å². The van der Waals surface area contributed by atoms with Crippen molar-refractivity contribution in [2.75, 3.05) is 23.9 Å². The Morgan fingerprint density at radius 2 is 2.29 bits per heavy atom. The molecule has 1 rings (SSSR count). The predicted octanol–water partition coefficient (Wildman–Crippen LogP) is 1.57. The fourth-order valence-electron chi connectivity index (χ4n) is 0.783. The summed E-state index contributed by atoms with van der Waals surface area (Å²) in [5.74, 6) is 1.01. The highest BCUT2D eigenvalue weighted by Gasteiger charge is 2.03. The highest BCUT2D eigenvalue weighted by atomic mass is 35.5. The van der Waals surface area contributed by atoms with Gasteiger partial charge in [0.05, 0.1) is 6.20 Å². The average Bonchev–Trinajstić information content (AvgIpc) is 2.10. The summed E-state index contributed by atoms with van der Waals surface area (Å²) in [5.41, 5.74) is 0. The van der Waals surface area contributed by atoms with Gasteiger partial charge in [-0.15, -0.1) is 0 Å². The molecule has 0 bridgehead atoms.